The van der Waals surface area contributed by atoms with Gasteiger partial charge in [-0.15, -0.1) is 0 Å². The number of halogens is 1. The highest BCUT2D eigenvalue weighted by Crippen LogP contribution is 2.40. The van der Waals surface area contributed by atoms with Gasteiger partial charge in [-0.1, -0.05) is 25.0 Å². The van der Waals surface area contributed by atoms with Crippen molar-refractivity contribution >= 4 is 5.91 Å². The van der Waals surface area contributed by atoms with Gasteiger partial charge in [0, 0.05) is 25.1 Å². The summed E-state index contributed by atoms with van der Waals surface area (Å²) in [5.41, 5.74) is 1.07. The number of nitrogens with one attached hydrogen (secondary N) is 1. The van der Waals surface area contributed by atoms with Crippen molar-refractivity contribution in [3.63, 3.8) is 0 Å². The number of carbonyl (C=O) groups excluding carboxylic acids is 1. The molecule has 0 radical (unpaired) electrons. The Labute approximate surface area is 149 Å². The maximum Gasteiger partial charge on any atom is 0.234 e. The number of carbonyl (C=O) groups is 1. The maximum absolute atomic E-state index is 13.2. The molecule has 0 unspecified atom stereocenters. The molecule has 138 valence electrons. The van der Waals surface area contributed by atoms with Crippen molar-refractivity contribution in [1.82, 2.24) is 10.2 Å². The third kappa shape index (κ3) is 4.59. The number of likely N-dealkylation sites (tertiary alicyclic amines) is 1. The molecule has 0 bridgehead atoms. The molecule has 5 heteroatoms. The van der Waals surface area contributed by atoms with Crippen LogP contribution in [0.3, 0.4) is 0 Å². The fraction of sp³-hybridized carbons (Fsp3) is 0.650. The van der Waals surface area contributed by atoms with Crippen LogP contribution in [0.2, 0.25) is 0 Å². The topological polar surface area (TPSA) is 52.6 Å². The van der Waals surface area contributed by atoms with Crippen LogP contribution in [0.15, 0.2) is 24.3 Å². The molecule has 1 aromatic carbocycles. The summed E-state index contributed by atoms with van der Waals surface area (Å²) in [4.78, 5) is 14.6. The molecule has 0 spiro atoms. The lowest BCUT2D eigenvalue weighted by Gasteiger charge is -2.33. The number of amides is 1. The number of benzene rings is 1. The Kier molecular flexibility index (Phi) is 6.07. The van der Waals surface area contributed by atoms with E-state index in [-0.39, 0.29) is 23.7 Å². The second-order valence-electron chi connectivity index (χ2n) is 7.70. The van der Waals surface area contributed by atoms with Crippen LogP contribution < -0.4 is 5.32 Å². The third-order valence-corrected chi connectivity index (χ3v) is 5.87. The van der Waals surface area contributed by atoms with Gasteiger partial charge < -0.3 is 10.4 Å². The molecular weight excluding hydrogens is 319 g/mol. The van der Waals surface area contributed by atoms with Gasteiger partial charge in [0.15, 0.2) is 0 Å². The van der Waals surface area contributed by atoms with Crippen molar-refractivity contribution in [2.24, 2.45) is 5.92 Å². The molecule has 1 saturated heterocycles. The SMILES string of the molecule is O=C(CN1CCC[C@@H](CO)C1)NCC1(c2ccc(F)cc2)CCCC1. The van der Waals surface area contributed by atoms with Gasteiger partial charge >= 0.3 is 0 Å². The lowest BCUT2D eigenvalue weighted by atomic mass is 9.79. The Bertz CT molecular complexity index is 570. The van der Waals surface area contributed by atoms with E-state index in [4.69, 9.17) is 0 Å². The number of aliphatic hydroxyl groups is 1. The smallest absolute Gasteiger partial charge is 0.234 e. The normalized spacial score (nSPS) is 23.5. The third-order valence-electron chi connectivity index (χ3n) is 5.87. The van der Waals surface area contributed by atoms with Gasteiger partial charge in [0.05, 0.1) is 6.54 Å². The number of nitrogens with zero attached hydrogens (tertiary/aromatic N) is 1. The minimum absolute atomic E-state index is 0.0481. The van der Waals surface area contributed by atoms with Crippen molar-refractivity contribution < 1.29 is 14.3 Å². The predicted molar refractivity (Wildman–Crippen MR) is 95.8 cm³/mol. The summed E-state index contributed by atoms with van der Waals surface area (Å²) >= 11 is 0. The van der Waals surface area contributed by atoms with Crippen LogP contribution in [-0.2, 0) is 10.2 Å². The van der Waals surface area contributed by atoms with Gasteiger partial charge in [-0.2, -0.15) is 0 Å². The number of piperidine rings is 1. The Morgan fingerprint density at radius 2 is 1.96 bits per heavy atom. The second kappa shape index (κ2) is 8.28. The Morgan fingerprint density at radius 1 is 1.24 bits per heavy atom. The first kappa shape index (κ1) is 18.3. The molecule has 4 nitrogen and oxygen atoms in total. The summed E-state index contributed by atoms with van der Waals surface area (Å²) in [7, 11) is 0. The predicted octanol–water partition coefficient (Wildman–Crippen LogP) is 2.46. The number of aliphatic hydroxyl groups excluding tert-OH is 1. The van der Waals surface area contributed by atoms with Crippen molar-refractivity contribution in [3.05, 3.63) is 35.6 Å². The first-order chi connectivity index (χ1) is 12.1. The van der Waals surface area contributed by atoms with E-state index in [0.717, 1.165) is 57.2 Å². The van der Waals surface area contributed by atoms with Crippen molar-refractivity contribution in [3.8, 4) is 0 Å². The van der Waals surface area contributed by atoms with Gasteiger partial charge in [0.25, 0.3) is 0 Å². The molecule has 0 aromatic heterocycles. The average Bonchev–Trinajstić information content (AvgIpc) is 3.11. The van der Waals surface area contributed by atoms with E-state index in [2.05, 4.69) is 10.2 Å². The summed E-state index contributed by atoms with van der Waals surface area (Å²) in [6, 6.07) is 6.76. The highest BCUT2D eigenvalue weighted by Gasteiger charge is 2.36. The number of hydrogen-bond donors (Lipinski definition) is 2. The molecule has 2 fully saturated rings. The zero-order valence-electron chi connectivity index (χ0n) is 14.8. The molecule has 1 aliphatic carbocycles. The summed E-state index contributed by atoms with van der Waals surface area (Å²) in [5, 5.41) is 12.4. The lowest BCUT2D eigenvalue weighted by molar-refractivity contribution is -0.123. The molecule has 1 atom stereocenters. The minimum atomic E-state index is -0.218. The van der Waals surface area contributed by atoms with E-state index in [1.54, 1.807) is 0 Å². The summed E-state index contributed by atoms with van der Waals surface area (Å²) < 4.78 is 13.2. The van der Waals surface area contributed by atoms with E-state index in [9.17, 15) is 14.3 Å². The Morgan fingerprint density at radius 3 is 2.64 bits per heavy atom. The average molecular weight is 348 g/mol. The molecular formula is C20H29FN2O2. The lowest BCUT2D eigenvalue weighted by Crippen LogP contribution is -2.46. The maximum atomic E-state index is 13.2. The summed E-state index contributed by atoms with van der Waals surface area (Å²) in [6.45, 7) is 2.94. The molecule has 1 heterocycles. The van der Waals surface area contributed by atoms with Gasteiger partial charge in [-0.05, 0) is 55.8 Å². The standard InChI is InChI=1S/C20H29FN2O2/c21-18-7-5-17(6-8-18)20(9-1-2-10-20)15-22-19(25)13-23-11-3-4-16(12-23)14-24/h5-8,16,24H,1-4,9-15H2,(H,22,25)/t16-/m1/s1. The van der Waals surface area contributed by atoms with Crippen LogP contribution in [0.25, 0.3) is 0 Å². The molecule has 3 rings (SSSR count). The zero-order chi connectivity index (χ0) is 17.7. The van der Waals surface area contributed by atoms with E-state index in [0.29, 0.717) is 19.0 Å². The Hall–Kier alpha value is -1.46. The fourth-order valence-electron chi connectivity index (χ4n) is 4.39. The largest absolute Gasteiger partial charge is 0.396 e. The van der Waals surface area contributed by atoms with E-state index < -0.39 is 0 Å². The van der Waals surface area contributed by atoms with Crippen LogP contribution >= 0.6 is 0 Å². The van der Waals surface area contributed by atoms with E-state index >= 15 is 0 Å². The molecule has 2 aliphatic rings. The number of hydrogen-bond acceptors (Lipinski definition) is 3. The van der Waals surface area contributed by atoms with Crippen LogP contribution in [0, 0.1) is 11.7 Å². The first-order valence-electron chi connectivity index (χ1n) is 9.47. The van der Waals surface area contributed by atoms with Crippen LogP contribution in [0.5, 0.6) is 0 Å². The quantitative estimate of drug-likeness (QED) is 0.830. The molecule has 25 heavy (non-hydrogen) atoms. The van der Waals surface area contributed by atoms with E-state index in [1.165, 1.54) is 12.1 Å². The second-order valence-corrected chi connectivity index (χ2v) is 7.70. The highest BCUT2D eigenvalue weighted by atomic mass is 19.1. The first-order valence-corrected chi connectivity index (χ1v) is 9.47. The van der Waals surface area contributed by atoms with Crippen LogP contribution in [0.1, 0.15) is 44.1 Å². The number of rotatable bonds is 6. The molecule has 1 amide bonds. The molecule has 1 aliphatic heterocycles. The van der Waals surface area contributed by atoms with Crippen molar-refractivity contribution in [2.75, 3.05) is 32.8 Å². The van der Waals surface area contributed by atoms with Gasteiger partial charge in [-0.3, -0.25) is 9.69 Å². The van der Waals surface area contributed by atoms with Crippen molar-refractivity contribution in [1.29, 1.82) is 0 Å². The molecule has 2 N–H and O–H groups in total. The van der Waals surface area contributed by atoms with Crippen LogP contribution in [-0.4, -0.2) is 48.7 Å². The minimum Gasteiger partial charge on any atom is -0.396 e. The summed E-state index contributed by atoms with van der Waals surface area (Å²) in [5.74, 6) is 0.124. The van der Waals surface area contributed by atoms with Crippen LogP contribution in [0.4, 0.5) is 4.39 Å². The zero-order valence-corrected chi connectivity index (χ0v) is 14.8. The highest BCUT2D eigenvalue weighted by molar-refractivity contribution is 5.78. The van der Waals surface area contributed by atoms with Gasteiger partial charge in [-0.25, -0.2) is 4.39 Å². The van der Waals surface area contributed by atoms with Gasteiger partial charge in [0.2, 0.25) is 5.91 Å². The Balaban J connectivity index is 1.56. The van der Waals surface area contributed by atoms with Gasteiger partial charge in [0.1, 0.15) is 5.82 Å². The van der Waals surface area contributed by atoms with Crippen molar-refractivity contribution in [2.45, 2.75) is 43.9 Å². The fourth-order valence-corrected chi connectivity index (χ4v) is 4.39. The molecule has 1 aromatic rings. The van der Waals surface area contributed by atoms with E-state index in [1.807, 2.05) is 12.1 Å². The molecule has 1 saturated carbocycles. The monoisotopic (exact) mass is 348 g/mol. The summed E-state index contributed by atoms with van der Waals surface area (Å²) in [6.07, 6.45) is 6.46.